The van der Waals surface area contributed by atoms with Crippen molar-refractivity contribution in [3.05, 3.63) is 64.7 Å². The first-order chi connectivity index (χ1) is 9.95. The molecule has 2 rings (SSSR count). The van der Waals surface area contributed by atoms with Gasteiger partial charge >= 0.3 is 0 Å². The van der Waals surface area contributed by atoms with Crippen molar-refractivity contribution in [3.8, 4) is 0 Å². The number of anilines is 2. The van der Waals surface area contributed by atoms with Crippen LogP contribution in [0.1, 0.15) is 22.3 Å². The van der Waals surface area contributed by atoms with Gasteiger partial charge in [-0.3, -0.25) is 4.79 Å². The molecule has 0 bridgehead atoms. The first-order valence-electron chi connectivity index (χ1n) is 6.88. The molecule has 0 saturated heterocycles. The van der Waals surface area contributed by atoms with Gasteiger partial charge in [0.2, 0.25) is 5.91 Å². The number of hydrogen-bond donors (Lipinski definition) is 2. The van der Waals surface area contributed by atoms with Gasteiger partial charge in [0.25, 0.3) is 0 Å². The van der Waals surface area contributed by atoms with Gasteiger partial charge in [-0.05, 0) is 55.7 Å². The molecule has 0 aliphatic rings. The molecule has 0 radical (unpaired) electrons. The topological polar surface area (TPSA) is 55.1 Å². The minimum absolute atomic E-state index is 0.152. The molecular weight excluding hydrogens is 260 g/mol. The van der Waals surface area contributed by atoms with Crippen LogP contribution in [0.3, 0.4) is 0 Å². The molecule has 3 N–H and O–H groups in total. The second-order valence-electron chi connectivity index (χ2n) is 5.26. The number of rotatable bonds is 3. The summed E-state index contributed by atoms with van der Waals surface area (Å²) in [6, 6.07) is 11.7. The molecule has 3 heteroatoms. The molecule has 0 aromatic heterocycles. The van der Waals surface area contributed by atoms with Crippen LogP contribution in [0.15, 0.2) is 42.5 Å². The summed E-state index contributed by atoms with van der Waals surface area (Å²) in [4.78, 5) is 11.9. The van der Waals surface area contributed by atoms with Crippen molar-refractivity contribution in [3.63, 3.8) is 0 Å². The zero-order valence-corrected chi connectivity index (χ0v) is 12.6. The van der Waals surface area contributed by atoms with Crippen LogP contribution in [0, 0.1) is 20.8 Å². The summed E-state index contributed by atoms with van der Waals surface area (Å²) in [7, 11) is 0. The Morgan fingerprint density at radius 3 is 2.48 bits per heavy atom. The Morgan fingerprint density at radius 2 is 1.81 bits per heavy atom. The highest BCUT2D eigenvalue weighted by molar-refractivity contribution is 6.02. The van der Waals surface area contributed by atoms with E-state index in [4.69, 9.17) is 5.73 Å². The number of nitrogens with two attached hydrogens (primary N) is 1. The summed E-state index contributed by atoms with van der Waals surface area (Å²) in [5, 5.41) is 2.88. The number of benzene rings is 2. The summed E-state index contributed by atoms with van der Waals surface area (Å²) < 4.78 is 0. The number of carbonyl (C=O) groups excluding carboxylic acids is 1. The van der Waals surface area contributed by atoms with Crippen LogP contribution in [0.2, 0.25) is 0 Å². The molecule has 0 heterocycles. The second kappa shape index (κ2) is 6.27. The summed E-state index contributed by atoms with van der Waals surface area (Å²) in [5.41, 5.74) is 11.6. The van der Waals surface area contributed by atoms with Crippen molar-refractivity contribution in [2.75, 3.05) is 11.1 Å². The monoisotopic (exact) mass is 280 g/mol. The Labute approximate surface area is 125 Å². The molecule has 0 atom stereocenters. The van der Waals surface area contributed by atoms with Crippen LogP contribution in [-0.4, -0.2) is 5.91 Å². The first-order valence-corrected chi connectivity index (χ1v) is 6.88. The van der Waals surface area contributed by atoms with Crippen LogP contribution >= 0.6 is 0 Å². The van der Waals surface area contributed by atoms with Crippen molar-refractivity contribution in [2.45, 2.75) is 20.8 Å². The molecule has 3 nitrogen and oxygen atoms in total. The highest BCUT2D eigenvalue weighted by atomic mass is 16.1. The fourth-order valence-electron chi connectivity index (χ4n) is 2.06. The van der Waals surface area contributed by atoms with Gasteiger partial charge in [-0.2, -0.15) is 0 Å². The molecule has 2 aromatic rings. The first kappa shape index (κ1) is 14.9. The van der Waals surface area contributed by atoms with Crippen LogP contribution in [0.4, 0.5) is 11.4 Å². The lowest BCUT2D eigenvalue weighted by atomic mass is 10.1. The highest BCUT2D eigenvalue weighted by Gasteiger charge is 2.02. The van der Waals surface area contributed by atoms with E-state index in [9.17, 15) is 4.79 Å². The van der Waals surface area contributed by atoms with Crippen LogP contribution in [0.25, 0.3) is 6.08 Å². The third-order valence-electron chi connectivity index (χ3n) is 3.37. The zero-order valence-electron chi connectivity index (χ0n) is 12.6. The number of carbonyl (C=O) groups is 1. The molecule has 0 aliphatic heterocycles. The number of nitrogen functional groups attached to an aromatic ring is 1. The third kappa shape index (κ3) is 3.96. The molecule has 21 heavy (non-hydrogen) atoms. The van der Waals surface area contributed by atoms with E-state index in [1.165, 1.54) is 11.6 Å². The van der Waals surface area contributed by atoms with E-state index >= 15 is 0 Å². The zero-order chi connectivity index (χ0) is 15.4. The predicted molar refractivity (Wildman–Crippen MR) is 89.2 cm³/mol. The Hall–Kier alpha value is -2.55. The molecule has 2 aromatic carbocycles. The fourth-order valence-corrected chi connectivity index (χ4v) is 2.06. The average Bonchev–Trinajstić information content (AvgIpc) is 2.43. The van der Waals surface area contributed by atoms with Gasteiger partial charge in [0.05, 0.1) is 0 Å². The fraction of sp³-hybridized carbons (Fsp3) is 0.167. The van der Waals surface area contributed by atoms with Gasteiger partial charge in [-0.1, -0.05) is 29.8 Å². The molecule has 1 amide bonds. The van der Waals surface area contributed by atoms with Crippen molar-refractivity contribution in [1.29, 1.82) is 0 Å². The highest BCUT2D eigenvalue weighted by Crippen LogP contribution is 2.17. The normalized spacial score (nSPS) is 10.8. The predicted octanol–water partition coefficient (Wildman–Crippen LogP) is 3.85. The minimum atomic E-state index is -0.152. The molecule has 0 fully saturated rings. The summed E-state index contributed by atoms with van der Waals surface area (Å²) in [5.74, 6) is -0.152. The number of nitrogens with one attached hydrogen (secondary N) is 1. The van der Waals surface area contributed by atoms with Gasteiger partial charge in [-0.25, -0.2) is 0 Å². The Morgan fingerprint density at radius 1 is 1.05 bits per heavy atom. The van der Waals surface area contributed by atoms with E-state index in [0.717, 1.165) is 28.1 Å². The van der Waals surface area contributed by atoms with Gasteiger partial charge in [0.1, 0.15) is 0 Å². The maximum Gasteiger partial charge on any atom is 0.248 e. The average molecular weight is 280 g/mol. The number of amides is 1. The maximum atomic E-state index is 11.9. The Bertz CT molecular complexity index is 702. The van der Waals surface area contributed by atoms with E-state index in [2.05, 4.69) is 5.32 Å². The van der Waals surface area contributed by atoms with E-state index in [0.29, 0.717) is 0 Å². The summed E-state index contributed by atoms with van der Waals surface area (Å²) in [6.07, 6.45) is 3.28. The Kier molecular flexibility index (Phi) is 4.43. The summed E-state index contributed by atoms with van der Waals surface area (Å²) in [6.45, 7) is 5.96. The van der Waals surface area contributed by atoms with Crippen LogP contribution in [0.5, 0.6) is 0 Å². The van der Waals surface area contributed by atoms with Crippen molar-refractivity contribution in [2.24, 2.45) is 0 Å². The molecule has 108 valence electrons. The third-order valence-corrected chi connectivity index (χ3v) is 3.37. The smallest absolute Gasteiger partial charge is 0.248 e. The largest absolute Gasteiger partial charge is 0.398 e. The molecule has 0 spiro atoms. The van der Waals surface area contributed by atoms with Gasteiger partial charge in [0, 0.05) is 17.5 Å². The quantitative estimate of drug-likeness (QED) is 0.663. The standard InChI is InChI=1S/C18H20N2O/c1-12-4-8-17(14(3)10-12)20-18(21)9-7-15-6-5-13(2)16(19)11-15/h4-11H,19H2,1-3H3,(H,20,21)/b9-7+. The van der Waals surface area contributed by atoms with Crippen LogP contribution < -0.4 is 11.1 Å². The number of aryl methyl sites for hydroxylation is 3. The minimum Gasteiger partial charge on any atom is -0.398 e. The van der Waals surface area contributed by atoms with Gasteiger partial charge in [0.15, 0.2) is 0 Å². The van der Waals surface area contributed by atoms with E-state index in [1.54, 1.807) is 6.08 Å². The molecule has 0 aliphatic carbocycles. The van der Waals surface area contributed by atoms with Crippen molar-refractivity contribution < 1.29 is 4.79 Å². The Balaban J connectivity index is 2.07. The van der Waals surface area contributed by atoms with E-state index < -0.39 is 0 Å². The van der Waals surface area contributed by atoms with E-state index in [-0.39, 0.29) is 5.91 Å². The molecule has 0 saturated carbocycles. The van der Waals surface area contributed by atoms with Gasteiger partial charge in [-0.15, -0.1) is 0 Å². The molecule has 0 unspecified atom stereocenters. The van der Waals surface area contributed by atoms with Gasteiger partial charge < -0.3 is 11.1 Å². The maximum absolute atomic E-state index is 11.9. The van der Waals surface area contributed by atoms with E-state index in [1.807, 2.05) is 57.2 Å². The number of hydrogen-bond acceptors (Lipinski definition) is 2. The lowest BCUT2D eigenvalue weighted by Gasteiger charge is -2.07. The summed E-state index contributed by atoms with van der Waals surface area (Å²) >= 11 is 0. The molecular formula is C18H20N2O. The second-order valence-corrected chi connectivity index (χ2v) is 5.26. The lowest BCUT2D eigenvalue weighted by Crippen LogP contribution is -2.08. The lowest BCUT2D eigenvalue weighted by molar-refractivity contribution is -0.111. The van der Waals surface area contributed by atoms with Crippen molar-refractivity contribution in [1.82, 2.24) is 0 Å². The van der Waals surface area contributed by atoms with Crippen molar-refractivity contribution >= 4 is 23.4 Å². The van der Waals surface area contributed by atoms with Crippen LogP contribution in [-0.2, 0) is 4.79 Å². The SMILES string of the molecule is Cc1ccc(NC(=O)/C=C/c2ccc(C)c(N)c2)c(C)c1.